The molecule has 0 saturated heterocycles. The number of hydrogen-bond donors (Lipinski definition) is 1. The third-order valence-corrected chi connectivity index (χ3v) is 3.50. The van der Waals surface area contributed by atoms with Gasteiger partial charge in [0, 0.05) is 35.7 Å². The standard InChI is InChI=1S/C10H16N2S2.ClH/c1-3-5-13-6-4-11-7-10-8-12-9(2)14-10;/h3,8,11H,1,4-7H2,2H3;1H. The van der Waals surface area contributed by atoms with E-state index in [1.54, 1.807) is 11.3 Å². The van der Waals surface area contributed by atoms with E-state index in [-0.39, 0.29) is 12.4 Å². The monoisotopic (exact) mass is 264 g/mol. The van der Waals surface area contributed by atoms with Crippen molar-refractivity contribution in [2.45, 2.75) is 13.5 Å². The molecule has 15 heavy (non-hydrogen) atoms. The van der Waals surface area contributed by atoms with Crippen molar-refractivity contribution in [3.05, 3.63) is 28.7 Å². The molecule has 1 heterocycles. The average molecular weight is 265 g/mol. The summed E-state index contributed by atoms with van der Waals surface area (Å²) in [6, 6.07) is 0. The number of rotatable bonds is 7. The van der Waals surface area contributed by atoms with E-state index in [1.165, 1.54) is 4.88 Å². The lowest BCUT2D eigenvalue weighted by Gasteiger charge is -2.00. The van der Waals surface area contributed by atoms with Crippen molar-refractivity contribution >= 4 is 35.5 Å². The lowest BCUT2D eigenvalue weighted by molar-refractivity contribution is 0.740. The predicted octanol–water partition coefficient (Wildman–Crippen LogP) is 2.88. The molecule has 0 aliphatic rings. The number of thioether (sulfide) groups is 1. The number of hydrogen-bond acceptors (Lipinski definition) is 4. The number of aromatic nitrogens is 1. The van der Waals surface area contributed by atoms with Crippen LogP contribution < -0.4 is 5.32 Å². The molecule has 86 valence electrons. The molecule has 2 nitrogen and oxygen atoms in total. The van der Waals surface area contributed by atoms with Crippen molar-refractivity contribution in [1.29, 1.82) is 0 Å². The molecule has 0 spiro atoms. The van der Waals surface area contributed by atoms with Gasteiger partial charge < -0.3 is 5.32 Å². The van der Waals surface area contributed by atoms with Gasteiger partial charge in [-0.2, -0.15) is 11.8 Å². The SMILES string of the molecule is C=CCSCCNCc1cnc(C)s1.Cl. The highest BCUT2D eigenvalue weighted by Crippen LogP contribution is 2.10. The quantitative estimate of drug-likeness (QED) is 0.606. The van der Waals surface area contributed by atoms with Crippen molar-refractivity contribution in [2.24, 2.45) is 0 Å². The number of halogens is 1. The first-order chi connectivity index (χ1) is 6.83. The number of aryl methyl sites for hydroxylation is 1. The van der Waals surface area contributed by atoms with Gasteiger partial charge in [0.2, 0.25) is 0 Å². The molecule has 0 fully saturated rings. The molecule has 0 aliphatic carbocycles. The fourth-order valence-electron chi connectivity index (χ4n) is 1.01. The first-order valence-electron chi connectivity index (χ1n) is 4.63. The van der Waals surface area contributed by atoms with Gasteiger partial charge in [0.15, 0.2) is 0 Å². The first kappa shape index (κ1) is 15.0. The van der Waals surface area contributed by atoms with E-state index in [0.717, 1.165) is 29.6 Å². The van der Waals surface area contributed by atoms with Crippen LogP contribution in [-0.4, -0.2) is 23.0 Å². The van der Waals surface area contributed by atoms with Crippen LogP contribution in [-0.2, 0) is 6.54 Å². The van der Waals surface area contributed by atoms with Gasteiger partial charge in [0.25, 0.3) is 0 Å². The fourth-order valence-corrected chi connectivity index (χ4v) is 2.40. The lowest BCUT2D eigenvalue weighted by Crippen LogP contribution is -2.15. The second-order valence-corrected chi connectivity index (χ2v) is 5.36. The Kier molecular flexibility index (Phi) is 9.20. The molecular weight excluding hydrogens is 248 g/mol. The van der Waals surface area contributed by atoms with E-state index in [2.05, 4.69) is 16.9 Å². The molecule has 5 heteroatoms. The van der Waals surface area contributed by atoms with E-state index in [4.69, 9.17) is 0 Å². The molecule has 0 saturated carbocycles. The maximum absolute atomic E-state index is 4.20. The van der Waals surface area contributed by atoms with E-state index in [1.807, 2.05) is 31.0 Å². The summed E-state index contributed by atoms with van der Waals surface area (Å²) in [5.41, 5.74) is 0. The number of thiazole rings is 1. The van der Waals surface area contributed by atoms with E-state index >= 15 is 0 Å². The Morgan fingerprint density at radius 2 is 2.47 bits per heavy atom. The summed E-state index contributed by atoms with van der Waals surface area (Å²) in [7, 11) is 0. The summed E-state index contributed by atoms with van der Waals surface area (Å²) < 4.78 is 0. The molecule has 1 aromatic heterocycles. The first-order valence-corrected chi connectivity index (χ1v) is 6.60. The normalized spacial score (nSPS) is 9.67. The Hall–Kier alpha value is -0.0300. The van der Waals surface area contributed by atoms with Crippen LogP contribution in [0.15, 0.2) is 18.9 Å². The van der Waals surface area contributed by atoms with Crippen LogP contribution in [0.1, 0.15) is 9.88 Å². The Bertz CT molecular complexity index is 276. The molecular formula is C10H17ClN2S2. The van der Waals surface area contributed by atoms with E-state index < -0.39 is 0 Å². The van der Waals surface area contributed by atoms with E-state index in [0.29, 0.717) is 0 Å². The Labute approximate surface area is 106 Å². The van der Waals surface area contributed by atoms with Gasteiger partial charge in [-0.05, 0) is 6.92 Å². The highest BCUT2D eigenvalue weighted by atomic mass is 35.5. The molecule has 0 aliphatic heterocycles. The number of nitrogens with zero attached hydrogens (tertiary/aromatic N) is 1. The summed E-state index contributed by atoms with van der Waals surface area (Å²) in [6.07, 6.45) is 3.89. The van der Waals surface area contributed by atoms with Crippen LogP contribution in [0.25, 0.3) is 0 Å². The van der Waals surface area contributed by atoms with Gasteiger partial charge in [-0.15, -0.1) is 30.3 Å². The molecule has 1 rings (SSSR count). The topological polar surface area (TPSA) is 24.9 Å². The minimum absolute atomic E-state index is 0. The van der Waals surface area contributed by atoms with Crippen LogP contribution in [0.4, 0.5) is 0 Å². The maximum Gasteiger partial charge on any atom is 0.0897 e. The molecule has 0 radical (unpaired) electrons. The fraction of sp³-hybridized carbons (Fsp3) is 0.500. The van der Waals surface area contributed by atoms with E-state index in [9.17, 15) is 0 Å². The largest absolute Gasteiger partial charge is 0.311 e. The second kappa shape index (κ2) is 9.21. The smallest absolute Gasteiger partial charge is 0.0897 e. The molecule has 0 unspecified atom stereocenters. The van der Waals surface area contributed by atoms with Gasteiger partial charge in [0.05, 0.1) is 5.01 Å². The van der Waals surface area contributed by atoms with Gasteiger partial charge >= 0.3 is 0 Å². The summed E-state index contributed by atoms with van der Waals surface area (Å²) in [4.78, 5) is 5.52. The van der Waals surface area contributed by atoms with Crippen molar-refractivity contribution < 1.29 is 0 Å². The third-order valence-electron chi connectivity index (χ3n) is 1.63. The van der Waals surface area contributed by atoms with Crippen LogP contribution in [0.3, 0.4) is 0 Å². The third kappa shape index (κ3) is 6.95. The number of nitrogens with one attached hydrogen (secondary N) is 1. The summed E-state index contributed by atoms with van der Waals surface area (Å²) in [6.45, 7) is 7.71. The zero-order chi connectivity index (χ0) is 10.2. The van der Waals surface area contributed by atoms with Crippen molar-refractivity contribution in [3.63, 3.8) is 0 Å². The van der Waals surface area contributed by atoms with Crippen molar-refractivity contribution in [2.75, 3.05) is 18.1 Å². The Balaban J connectivity index is 0.00000196. The summed E-state index contributed by atoms with van der Waals surface area (Å²) >= 11 is 3.66. The molecule has 0 amide bonds. The highest BCUT2D eigenvalue weighted by Gasteiger charge is 1.96. The van der Waals surface area contributed by atoms with Gasteiger partial charge in [-0.3, -0.25) is 0 Å². The Morgan fingerprint density at radius 1 is 1.67 bits per heavy atom. The maximum atomic E-state index is 4.20. The van der Waals surface area contributed by atoms with Crippen molar-refractivity contribution in [3.8, 4) is 0 Å². The van der Waals surface area contributed by atoms with Crippen LogP contribution in [0.5, 0.6) is 0 Å². The molecule has 0 aromatic carbocycles. The molecule has 1 N–H and O–H groups in total. The minimum Gasteiger partial charge on any atom is -0.311 e. The lowest BCUT2D eigenvalue weighted by atomic mass is 10.5. The van der Waals surface area contributed by atoms with Crippen LogP contribution >= 0.6 is 35.5 Å². The summed E-state index contributed by atoms with van der Waals surface area (Å²) in [5, 5.41) is 4.53. The Morgan fingerprint density at radius 3 is 3.07 bits per heavy atom. The second-order valence-electron chi connectivity index (χ2n) is 2.89. The van der Waals surface area contributed by atoms with Gasteiger partial charge in [0.1, 0.15) is 0 Å². The van der Waals surface area contributed by atoms with Crippen LogP contribution in [0, 0.1) is 6.92 Å². The molecule has 0 atom stereocenters. The van der Waals surface area contributed by atoms with Gasteiger partial charge in [-0.1, -0.05) is 6.08 Å². The highest BCUT2D eigenvalue weighted by molar-refractivity contribution is 7.99. The zero-order valence-corrected chi connectivity index (χ0v) is 11.3. The zero-order valence-electron chi connectivity index (χ0n) is 8.86. The minimum atomic E-state index is 0. The molecule has 0 bridgehead atoms. The average Bonchev–Trinajstić information content (AvgIpc) is 2.58. The van der Waals surface area contributed by atoms with Gasteiger partial charge in [-0.25, -0.2) is 4.98 Å². The van der Waals surface area contributed by atoms with Crippen molar-refractivity contribution in [1.82, 2.24) is 10.3 Å². The van der Waals surface area contributed by atoms with Crippen LogP contribution in [0.2, 0.25) is 0 Å². The molecule has 1 aromatic rings. The predicted molar refractivity (Wildman–Crippen MR) is 73.3 cm³/mol. The summed E-state index contributed by atoms with van der Waals surface area (Å²) in [5.74, 6) is 2.19.